The van der Waals surface area contributed by atoms with Gasteiger partial charge in [0.25, 0.3) is 5.91 Å². The molecule has 106 valence electrons. The van der Waals surface area contributed by atoms with Gasteiger partial charge in [-0.2, -0.15) is 0 Å². The standard InChI is InChI=1S/C14H23N3OS/c1-8(2)6-12-17-9(3)13(19-12)14(18)16-7-11(15)10-4-5-10/h8,10-11H,4-7,15H2,1-3H3,(H,16,18). The van der Waals surface area contributed by atoms with Crippen molar-refractivity contribution in [1.82, 2.24) is 10.3 Å². The molecule has 1 atom stereocenters. The molecule has 0 aromatic carbocycles. The molecule has 1 aromatic rings. The van der Waals surface area contributed by atoms with Crippen LogP contribution >= 0.6 is 11.3 Å². The molecule has 1 fully saturated rings. The van der Waals surface area contributed by atoms with Crippen molar-refractivity contribution >= 4 is 17.2 Å². The number of rotatable bonds is 6. The van der Waals surface area contributed by atoms with E-state index in [0.717, 1.165) is 22.0 Å². The average Bonchev–Trinajstić information content (AvgIpc) is 3.10. The smallest absolute Gasteiger partial charge is 0.263 e. The van der Waals surface area contributed by atoms with Gasteiger partial charge in [-0.1, -0.05) is 13.8 Å². The zero-order chi connectivity index (χ0) is 14.0. The molecule has 1 unspecified atom stereocenters. The molecule has 1 aliphatic rings. The zero-order valence-electron chi connectivity index (χ0n) is 11.9. The van der Waals surface area contributed by atoms with Crippen molar-refractivity contribution in [1.29, 1.82) is 0 Å². The highest BCUT2D eigenvalue weighted by Crippen LogP contribution is 2.31. The van der Waals surface area contributed by atoms with Gasteiger partial charge < -0.3 is 11.1 Å². The maximum Gasteiger partial charge on any atom is 0.263 e. The Labute approximate surface area is 118 Å². The van der Waals surface area contributed by atoms with Crippen LogP contribution in [0.15, 0.2) is 0 Å². The zero-order valence-corrected chi connectivity index (χ0v) is 12.7. The lowest BCUT2D eigenvalue weighted by Crippen LogP contribution is -2.38. The van der Waals surface area contributed by atoms with E-state index >= 15 is 0 Å². The first-order valence-electron chi connectivity index (χ1n) is 6.97. The van der Waals surface area contributed by atoms with Crippen LogP contribution in [0.25, 0.3) is 0 Å². The molecule has 4 nitrogen and oxygen atoms in total. The maximum atomic E-state index is 12.1. The third kappa shape index (κ3) is 4.01. The summed E-state index contributed by atoms with van der Waals surface area (Å²) in [5, 5.41) is 3.98. The number of hydrogen-bond acceptors (Lipinski definition) is 4. The first-order valence-corrected chi connectivity index (χ1v) is 7.79. The van der Waals surface area contributed by atoms with Gasteiger partial charge in [-0.05, 0) is 31.6 Å². The fraction of sp³-hybridized carbons (Fsp3) is 0.714. The molecule has 1 amide bonds. The summed E-state index contributed by atoms with van der Waals surface area (Å²) in [5.41, 5.74) is 6.82. The number of aryl methyl sites for hydroxylation is 1. The van der Waals surface area contributed by atoms with Gasteiger partial charge >= 0.3 is 0 Å². The molecule has 0 radical (unpaired) electrons. The summed E-state index contributed by atoms with van der Waals surface area (Å²) in [4.78, 5) is 17.3. The summed E-state index contributed by atoms with van der Waals surface area (Å²) in [7, 11) is 0. The lowest BCUT2D eigenvalue weighted by atomic mass is 10.1. The largest absolute Gasteiger partial charge is 0.350 e. The molecule has 1 saturated carbocycles. The quantitative estimate of drug-likeness (QED) is 0.839. The normalized spacial score (nSPS) is 16.7. The van der Waals surface area contributed by atoms with Crippen LogP contribution in [0.3, 0.4) is 0 Å². The van der Waals surface area contributed by atoms with Gasteiger partial charge in [0.15, 0.2) is 0 Å². The van der Waals surface area contributed by atoms with E-state index in [0.29, 0.717) is 18.4 Å². The highest BCUT2D eigenvalue weighted by Gasteiger charge is 2.28. The second-order valence-electron chi connectivity index (χ2n) is 5.83. The van der Waals surface area contributed by atoms with Crippen LogP contribution in [-0.4, -0.2) is 23.5 Å². The Morgan fingerprint density at radius 1 is 1.53 bits per heavy atom. The number of carbonyl (C=O) groups is 1. The maximum absolute atomic E-state index is 12.1. The van der Waals surface area contributed by atoms with Gasteiger partial charge in [-0.25, -0.2) is 4.98 Å². The SMILES string of the molecule is Cc1nc(CC(C)C)sc1C(=O)NCC(N)C1CC1. The Morgan fingerprint density at radius 2 is 2.21 bits per heavy atom. The molecule has 5 heteroatoms. The van der Waals surface area contributed by atoms with Crippen LogP contribution in [-0.2, 0) is 6.42 Å². The molecule has 0 saturated heterocycles. The predicted molar refractivity (Wildman–Crippen MR) is 78.4 cm³/mol. The van der Waals surface area contributed by atoms with Gasteiger partial charge in [0.2, 0.25) is 0 Å². The van der Waals surface area contributed by atoms with E-state index in [2.05, 4.69) is 24.1 Å². The minimum atomic E-state index is -0.0268. The summed E-state index contributed by atoms with van der Waals surface area (Å²) < 4.78 is 0. The summed E-state index contributed by atoms with van der Waals surface area (Å²) in [6.45, 7) is 6.78. The average molecular weight is 281 g/mol. The van der Waals surface area contributed by atoms with E-state index in [-0.39, 0.29) is 11.9 Å². The number of amides is 1. The molecule has 0 aliphatic heterocycles. The van der Waals surface area contributed by atoms with E-state index in [1.54, 1.807) is 0 Å². The third-order valence-corrected chi connectivity index (χ3v) is 4.53. The van der Waals surface area contributed by atoms with Crippen molar-refractivity contribution in [2.45, 2.75) is 46.1 Å². The molecule has 1 heterocycles. The Kier molecular flexibility index (Phi) is 4.58. The van der Waals surface area contributed by atoms with Crippen molar-refractivity contribution in [2.24, 2.45) is 17.6 Å². The molecular formula is C14H23N3OS. The molecule has 0 bridgehead atoms. The van der Waals surface area contributed by atoms with E-state index in [4.69, 9.17) is 5.73 Å². The predicted octanol–water partition coefficient (Wildman–Crippen LogP) is 2.12. The summed E-state index contributed by atoms with van der Waals surface area (Å²) in [6, 6.07) is 0.104. The molecule has 1 aromatic heterocycles. The number of carbonyl (C=O) groups excluding carboxylic acids is 1. The minimum Gasteiger partial charge on any atom is -0.350 e. The van der Waals surface area contributed by atoms with Gasteiger partial charge in [-0.15, -0.1) is 11.3 Å². The number of nitrogens with one attached hydrogen (secondary N) is 1. The van der Waals surface area contributed by atoms with E-state index in [9.17, 15) is 4.79 Å². The number of thiazole rings is 1. The fourth-order valence-corrected chi connectivity index (χ4v) is 3.27. The molecule has 3 N–H and O–H groups in total. The van der Waals surface area contributed by atoms with Gasteiger partial charge in [0, 0.05) is 19.0 Å². The monoisotopic (exact) mass is 281 g/mol. The number of hydrogen-bond donors (Lipinski definition) is 2. The van der Waals surface area contributed by atoms with Gasteiger partial charge in [0.1, 0.15) is 4.88 Å². The lowest BCUT2D eigenvalue weighted by molar-refractivity contribution is 0.0953. The Bertz CT molecular complexity index is 452. The minimum absolute atomic E-state index is 0.0268. The van der Waals surface area contributed by atoms with Crippen LogP contribution in [0.5, 0.6) is 0 Å². The van der Waals surface area contributed by atoms with Crippen LogP contribution < -0.4 is 11.1 Å². The second kappa shape index (κ2) is 6.01. The lowest BCUT2D eigenvalue weighted by Gasteiger charge is -2.10. The van der Waals surface area contributed by atoms with Crippen LogP contribution in [0.2, 0.25) is 0 Å². The van der Waals surface area contributed by atoms with Crippen molar-refractivity contribution in [3.63, 3.8) is 0 Å². The summed E-state index contributed by atoms with van der Waals surface area (Å²) in [5.74, 6) is 1.14. The number of aromatic nitrogens is 1. The number of nitrogens with zero attached hydrogens (tertiary/aromatic N) is 1. The van der Waals surface area contributed by atoms with Crippen molar-refractivity contribution in [2.75, 3.05) is 6.54 Å². The van der Waals surface area contributed by atoms with E-state index < -0.39 is 0 Å². The third-order valence-electron chi connectivity index (χ3n) is 3.36. The Balaban J connectivity index is 1.92. The Morgan fingerprint density at radius 3 is 2.79 bits per heavy atom. The van der Waals surface area contributed by atoms with E-state index in [1.165, 1.54) is 24.2 Å². The molecule has 19 heavy (non-hydrogen) atoms. The van der Waals surface area contributed by atoms with Crippen LogP contribution in [0, 0.1) is 18.8 Å². The number of nitrogens with two attached hydrogens (primary N) is 1. The van der Waals surface area contributed by atoms with Crippen LogP contribution in [0.1, 0.15) is 47.1 Å². The summed E-state index contributed by atoms with van der Waals surface area (Å²) >= 11 is 1.51. The van der Waals surface area contributed by atoms with Crippen molar-refractivity contribution < 1.29 is 4.79 Å². The Hall–Kier alpha value is -0.940. The second-order valence-corrected chi connectivity index (χ2v) is 6.92. The fourth-order valence-electron chi connectivity index (χ4n) is 2.08. The first kappa shape index (κ1) is 14.5. The van der Waals surface area contributed by atoms with Gasteiger partial charge in [0.05, 0.1) is 10.7 Å². The van der Waals surface area contributed by atoms with Crippen LogP contribution in [0.4, 0.5) is 0 Å². The van der Waals surface area contributed by atoms with Crippen molar-refractivity contribution in [3.05, 3.63) is 15.6 Å². The molecule has 1 aliphatic carbocycles. The van der Waals surface area contributed by atoms with Crippen molar-refractivity contribution in [3.8, 4) is 0 Å². The highest BCUT2D eigenvalue weighted by atomic mass is 32.1. The molecule has 0 spiro atoms. The first-order chi connectivity index (χ1) is 8.97. The topological polar surface area (TPSA) is 68.0 Å². The molecular weight excluding hydrogens is 258 g/mol. The van der Waals surface area contributed by atoms with Gasteiger partial charge in [-0.3, -0.25) is 4.79 Å². The highest BCUT2D eigenvalue weighted by molar-refractivity contribution is 7.13. The van der Waals surface area contributed by atoms with E-state index in [1.807, 2.05) is 6.92 Å². The molecule has 2 rings (SSSR count). The summed E-state index contributed by atoms with van der Waals surface area (Å²) in [6.07, 6.45) is 3.34.